The SMILES string of the molecule is COc1cccc(C(C)NS(=O)(=O)c2ccn[nH]2)c1. The highest BCUT2D eigenvalue weighted by Crippen LogP contribution is 2.20. The minimum Gasteiger partial charge on any atom is -0.497 e. The number of H-pyrrole nitrogens is 1. The Hall–Kier alpha value is -1.86. The molecule has 0 saturated carbocycles. The summed E-state index contributed by atoms with van der Waals surface area (Å²) in [4.78, 5) is 0. The first-order valence-electron chi connectivity index (χ1n) is 5.68. The van der Waals surface area contributed by atoms with Crippen LogP contribution in [0, 0.1) is 0 Å². The number of rotatable bonds is 5. The standard InChI is InChI=1S/C12H15N3O3S/c1-9(10-4-3-5-11(8-10)18-2)15-19(16,17)12-6-7-13-14-12/h3-9,15H,1-2H3,(H,13,14). The Bertz CT molecular complexity index is 638. The summed E-state index contributed by atoms with van der Waals surface area (Å²) in [6.45, 7) is 1.77. The number of aromatic amines is 1. The lowest BCUT2D eigenvalue weighted by Gasteiger charge is -2.14. The molecular weight excluding hydrogens is 266 g/mol. The van der Waals surface area contributed by atoms with Crippen LogP contribution < -0.4 is 9.46 Å². The first-order valence-corrected chi connectivity index (χ1v) is 7.17. The minimum atomic E-state index is -3.59. The molecule has 0 spiro atoms. The molecule has 0 saturated heterocycles. The van der Waals surface area contributed by atoms with Crippen LogP contribution in [-0.4, -0.2) is 25.7 Å². The van der Waals surface area contributed by atoms with Crippen LogP contribution in [0.25, 0.3) is 0 Å². The van der Waals surface area contributed by atoms with Gasteiger partial charge >= 0.3 is 0 Å². The molecule has 19 heavy (non-hydrogen) atoms. The van der Waals surface area contributed by atoms with E-state index in [9.17, 15) is 8.42 Å². The summed E-state index contributed by atoms with van der Waals surface area (Å²) >= 11 is 0. The highest BCUT2D eigenvalue weighted by Gasteiger charge is 2.19. The average Bonchev–Trinajstić information content (AvgIpc) is 2.93. The van der Waals surface area contributed by atoms with Gasteiger partial charge in [-0.1, -0.05) is 12.1 Å². The van der Waals surface area contributed by atoms with Crippen LogP contribution in [0.5, 0.6) is 5.75 Å². The van der Waals surface area contributed by atoms with Crippen molar-refractivity contribution in [2.24, 2.45) is 0 Å². The van der Waals surface area contributed by atoms with E-state index < -0.39 is 10.0 Å². The molecule has 1 unspecified atom stereocenters. The fraction of sp³-hybridized carbons (Fsp3) is 0.250. The monoisotopic (exact) mass is 281 g/mol. The van der Waals surface area contributed by atoms with Crippen molar-refractivity contribution >= 4 is 10.0 Å². The maximum absolute atomic E-state index is 12.0. The second kappa shape index (κ2) is 5.41. The van der Waals surface area contributed by atoms with Crippen LogP contribution in [0.4, 0.5) is 0 Å². The van der Waals surface area contributed by atoms with Crippen molar-refractivity contribution in [2.75, 3.05) is 7.11 Å². The smallest absolute Gasteiger partial charge is 0.258 e. The quantitative estimate of drug-likeness (QED) is 0.869. The molecule has 102 valence electrons. The van der Waals surface area contributed by atoms with Gasteiger partial charge in [-0.15, -0.1) is 0 Å². The van der Waals surface area contributed by atoms with Gasteiger partial charge in [0.2, 0.25) is 0 Å². The number of hydrogen-bond acceptors (Lipinski definition) is 4. The number of methoxy groups -OCH3 is 1. The number of sulfonamides is 1. The second-order valence-electron chi connectivity index (χ2n) is 4.04. The Morgan fingerprint density at radius 1 is 1.37 bits per heavy atom. The van der Waals surface area contributed by atoms with Gasteiger partial charge in [-0.25, -0.2) is 13.1 Å². The van der Waals surface area contributed by atoms with E-state index in [0.717, 1.165) is 5.56 Å². The normalized spacial score (nSPS) is 13.2. The van der Waals surface area contributed by atoms with Gasteiger partial charge in [0.05, 0.1) is 13.3 Å². The number of aromatic nitrogens is 2. The molecule has 0 fully saturated rings. The van der Waals surface area contributed by atoms with Crippen molar-refractivity contribution in [1.82, 2.24) is 14.9 Å². The summed E-state index contributed by atoms with van der Waals surface area (Å²) in [5.41, 5.74) is 0.822. The molecule has 1 aromatic carbocycles. The molecule has 0 bridgehead atoms. The summed E-state index contributed by atoms with van der Waals surface area (Å²) in [6.07, 6.45) is 1.39. The predicted molar refractivity (Wildman–Crippen MR) is 70.3 cm³/mol. The van der Waals surface area contributed by atoms with Gasteiger partial charge in [0.25, 0.3) is 10.0 Å². The van der Waals surface area contributed by atoms with Crippen molar-refractivity contribution in [1.29, 1.82) is 0 Å². The number of ether oxygens (including phenoxy) is 1. The molecule has 2 N–H and O–H groups in total. The Morgan fingerprint density at radius 2 is 2.16 bits per heavy atom. The van der Waals surface area contributed by atoms with E-state index in [4.69, 9.17) is 4.74 Å². The average molecular weight is 281 g/mol. The maximum Gasteiger partial charge on any atom is 0.258 e. The summed E-state index contributed by atoms with van der Waals surface area (Å²) in [5, 5.41) is 6.11. The number of hydrogen-bond donors (Lipinski definition) is 2. The first-order chi connectivity index (χ1) is 9.03. The molecular formula is C12H15N3O3S. The summed E-state index contributed by atoms with van der Waals surface area (Å²) in [5.74, 6) is 0.685. The second-order valence-corrected chi connectivity index (χ2v) is 5.72. The molecule has 1 aromatic heterocycles. The van der Waals surface area contributed by atoms with E-state index >= 15 is 0 Å². The lowest BCUT2D eigenvalue weighted by molar-refractivity contribution is 0.413. The van der Waals surface area contributed by atoms with Gasteiger partial charge in [0, 0.05) is 6.04 Å². The summed E-state index contributed by atoms with van der Waals surface area (Å²) in [7, 11) is -2.02. The predicted octanol–water partition coefficient (Wildman–Crippen LogP) is 1.46. The van der Waals surface area contributed by atoms with Gasteiger partial charge in [0.15, 0.2) is 5.03 Å². The van der Waals surface area contributed by atoms with Crippen LogP contribution in [-0.2, 0) is 10.0 Å². The van der Waals surface area contributed by atoms with Gasteiger partial charge in [-0.05, 0) is 30.7 Å². The molecule has 2 rings (SSSR count). The zero-order valence-electron chi connectivity index (χ0n) is 10.6. The Kier molecular flexibility index (Phi) is 3.87. The zero-order chi connectivity index (χ0) is 13.9. The number of nitrogens with one attached hydrogen (secondary N) is 2. The molecule has 0 amide bonds. The topological polar surface area (TPSA) is 84.1 Å². The lowest BCUT2D eigenvalue weighted by Crippen LogP contribution is -2.27. The van der Waals surface area contributed by atoms with Gasteiger partial charge in [0.1, 0.15) is 5.75 Å². The number of nitrogens with zero attached hydrogens (tertiary/aromatic N) is 1. The van der Waals surface area contributed by atoms with Gasteiger partial charge < -0.3 is 4.74 Å². The van der Waals surface area contributed by atoms with E-state index in [1.165, 1.54) is 12.3 Å². The van der Waals surface area contributed by atoms with Crippen molar-refractivity contribution in [3.63, 3.8) is 0 Å². The molecule has 1 heterocycles. The molecule has 0 aliphatic rings. The maximum atomic E-state index is 12.0. The molecule has 6 nitrogen and oxygen atoms in total. The largest absolute Gasteiger partial charge is 0.497 e. The highest BCUT2D eigenvalue weighted by atomic mass is 32.2. The van der Waals surface area contributed by atoms with Gasteiger partial charge in [-0.3, -0.25) is 5.10 Å². The fourth-order valence-electron chi connectivity index (χ4n) is 1.67. The van der Waals surface area contributed by atoms with Crippen molar-refractivity contribution in [3.8, 4) is 5.75 Å². The van der Waals surface area contributed by atoms with E-state index in [0.29, 0.717) is 5.75 Å². The lowest BCUT2D eigenvalue weighted by atomic mass is 10.1. The Balaban J connectivity index is 2.19. The van der Waals surface area contributed by atoms with Crippen LogP contribution in [0.2, 0.25) is 0 Å². The zero-order valence-corrected chi connectivity index (χ0v) is 11.4. The van der Waals surface area contributed by atoms with Crippen molar-refractivity contribution < 1.29 is 13.2 Å². The van der Waals surface area contributed by atoms with Crippen LogP contribution in [0.3, 0.4) is 0 Å². The fourth-order valence-corrected chi connectivity index (χ4v) is 2.81. The van der Waals surface area contributed by atoms with Crippen molar-refractivity contribution in [3.05, 3.63) is 42.1 Å². The van der Waals surface area contributed by atoms with Crippen LogP contribution >= 0.6 is 0 Å². The van der Waals surface area contributed by atoms with Crippen molar-refractivity contribution in [2.45, 2.75) is 18.0 Å². The Labute approximate surface area is 111 Å². The van der Waals surface area contributed by atoms with Gasteiger partial charge in [-0.2, -0.15) is 5.10 Å². The third kappa shape index (κ3) is 3.12. The number of benzene rings is 1. The molecule has 0 radical (unpaired) electrons. The minimum absolute atomic E-state index is 0.0437. The van der Waals surface area contributed by atoms with E-state index in [1.807, 2.05) is 12.1 Å². The summed E-state index contributed by atoms with van der Waals surface area (Å²) in [6, 6.07) is 8.28. The third-order valence-corrected chi connectivity index (χ3v) is 4.16. The van der Waals surface area contributed by atoms with E-state index in [2.05, 4.69) is 14.9 Å². The Morgan fingerprint density at radius 3 is 2.79 bits per heavy atom. The molecule has 0 aliphatic carbocycles. The summed E-state index contributed by atoms with van der Waals surface area (Å²) < 4.78 is 31.7. The third-order valence-electron chi connectivity index (χ3n) is 2.69. The first kappa shape index (κ1) is 13.6. The molecule has 7 heteroatoms. The molecule has 0 aliphatic heterocycles. The van der Waals surface area contributed by atoms with E-state index in [1.54, 1.807) is 26.2 Å². The molecule has 2 aromatic rings. The van der Waals surface area contributed by atoms with Crippen LogP contribution in [0.15, 0.2) is 41.6 Å². The highest BCUT2D eigenvalue weighted by molar-refractivity contribution is 7.89. The van der Waals surface area contributed by atoms with Crippen LogP contribution in [0.1, 0.15) is 18.5 Å². The molecule has 1 atom stereocenters. The van der Waals surface area contributed by atoms with E-state index in [-0.39, 0.29) is 11.1 Å².